The Balaban J connectivity index is 2.32. The summed E-state index contributed by atoms with van der Waals surface area (Å²) in [5.74, 6) is -0.593. The Hall–Kier alpha value is -2.25. The normalized spacial score (nSPS) is 11.5. The van der Waals surface area contributed by atoms with Crippen molar-refractivity contribution in [1.82, 2.24) is 9.29 Å². The Labute approximate surface area is 142 Å². The number of aryl methyl sites for hydroxylation is 1. The zero-order valence-corrected chi connectivity index (χ0v) is 14.5. The molecule has 0 spiro atoms. The van der Waals surface area contributed by atoms with Crippen LogP contribution in [0.5, 0.6) is 0 Å². The van der Waals surface area contributed by atoms with Crippen LogP contribution in [0.3, 0.4) is 0 Å². The van der Waals surface area contributed by atoms with Crippen LogP contribution in [0.2, 0.25) is 0 Å². The molecule has 0 unspecified atom stereocenters. The van der Waals surface area contributed by atoms with Crippen molar-refractivity contribution < 1.29 is 17.9 Å². The van der Waals surface area contributed by atoms with E-state index >= 15 is 0 Å². The molecule has 2 aromatic rings. The Morgan fingerprint density at radius 3 is 2.46 bits per heavy atom. The minimum absolute atomic E-state index is 0.00410. The zero-order chi connectivity index (χ0) is 17.6. The third-order valence-corrected chi connectivity index (χ3v) is 5.14. The lowest BCUT2D eigenvalue weighted by Gasteiger charge is -2.21. The van der Waals surface area contributed by atoms with E-state index in [0.717, 1.165) is 9.87 Å². The fraction of sp³-hybridized carbons (Fsp3) is 0.294. The first kappa shape index (κ1) is 18.1. The summed E-state index contributed by atoms with van der Waals surface area (Å²) in [6.07, 6.45) is 1.58. The molecule has 0 fully saturated rings. The fourth-order valence-electron chi connectivity index (χ4n) is 2.11. The molecule has 0 atom stereocenters. The molecule has 0 bridgehead atoms. The molecule has 2 rings (SSSR count). The molecular formula is C17H20N2O4S. The summed E-state index contributed by atoms with van der Waals surface area (Å²) in [6.45, 7) is 3.38. The highest BCUT2D eigenvalue weighted by Gasteiger charge is 2.27. The zero-order valence-electron chi connectivity index (χ0n) is 13.7. The van der Waals surface area contributed by atoms with Crippen LogP contribution in [-0.4, -0.2) is 36.8 Å². The van der Waals surface area contributed by atoms with Gasteiger partial charge in [-0.3, -0.25) is 9.78 Å². The number of ether oxygens (including phenoxy) is 1. The highest BCUT2D eigenvalue weighted by molar-refractivity contribution is 7.89. The van der Waals surface area contributed by atoms with Gasteiger partial charge in [-0.1, -0.05) is 23.8 Å². The van der Waals surface area contributed by atoms with Crippen molar-refractivity contribution in [2.75, 3.05) is 13.2 Å². The molecule has 0 saturated heterocycles. The van der Waals surface area contributed by atoms with E-state index in [1.165, 1.54) is 12.1 Å². The number of pyridine rings is 1. The van der Waals surface area contributed by atoms with Gasteiger partial charge in [-0.2, -0.15) is 4.31 Å². The molecule has 0 aliphatic heterocycles. The van der Waals surface area contributed by atoms with Crippen molar-refractivity contribution in [3.63, 3.8) is 0 Å². The minimum atomic E-state index is -3.84. The number of rotatable bonds is 7. The number of carbonyl (C=O) groups is 1. The van der Waals surface area contributed by atoms with Crippen LogP contribution in [0.15, 0.2) is 53.6 Å². The van der Waals surface area contributed by atoms with Crippen LogP contribution >= 0.6 is 0 Å². The molecule has 6 nitrogen and oxygen atoms in total. The van der Waals surface area contributed by atoms with Crippen LogP contribution in [0.25, 0.3) is 0 Å². The predicted molar refractivity (Wildman–Crippen MR) is 89.6 cm³/mol. The SMILES string of the molecule is CCOC(=O)CN(Cc1ccccn1)S(=O)(=O)c1ccc(C)cc1. The van der Waals surface area contributed by atoms with Crippen molar-refractivity contribution in [2.24, 2.45) is 0 Å². The first-order valence-electron chi connectivity index (χ1n) is 7.56. The Bertz CT molecular complexity index is 774. The molecule has 0 aliphatic carbocycles. The fourth-order valence-corrected chi connectivity index (χ4v) is 3.46. The largest absolute Gasteiger partial charge is 0.465 e. The second-order valence-electron chi connectivity index (χ2n) is 5.21. The van der Waals surface area contributed by atoms with Gasteiger partial charge in [-0.25, -0.2) is 8.42 Å². The topological polar surface area (TPSA) is 76.6 Å². The lowest BCUT2D eigenvalue weighted by molar-refractivity contribution is -0.143. The maximum atomic E-state index is 12.9. The van der Waals surface area contributed by atoms with Gasteiger partial charge in [-0.15, -0.1) is 0 Å². The minimum Gasteiger partial charge on any atom is -0.465 e. The number of benzene rings is 1. The number of esters is 1. The molecule has 1 aromatic carbocycles. The highest BCUT2D eigenvalue weighted by Crippen LogP contribution is 2.18. The first-order chi connectivity index (χ1) is 11.4. The number of sulfonamides is 1. The molecule has 24 heavy (non-hydrogen) atoms. The summed E-state index contributed by atoms with van der Waals surface area (Å²) < 4.78 is 31.7. The van der Waals surface area contributed by atoms with E-state index in [2.05, 4.69) is 4.98 Å². The third kappa shape index (κ3) is 4.62. The Morgan fingerprint density at radius 2 is 1.88 bits per heavy atom. The molecule has 1 heterocycles. The quantitative estimate of drug-likeness (QED) is 0.717. The van der Waals surface area contributed by atoms with Crippen molar-refractivity contribution in [1.29, 1.82) is 0 Å². The number of nitrogens with zero attached hydrogens (tertiary/aromatic N) is 2. The number of hydrogen-bond donors (Lipinski definition) is 0. The van der Waals surface area contributed by atoms with E-state index in [-0.39, 0.29) is 24.6 Å². The summed E-state index contributed by atoms with van der Waals surface area (Å²) >= 11 is 0. The second-order valence-corrected chi connectivity index (χ2v) is 7.15. The standard InChI is InChI=1S/C17H20N2O4S/c1-3-23-17(20)13-19(12-15-6-4-5-11-18-15)24(21,22)16-9-7-14(2)8-10-16/h4-11H,3,12-13H2,1-2H3. The summed E-state index contributed by atoms with van der Waals surface area (Å²) in [5, 5.41) is 0. The van der Waals surface area contributed by atoms with E-state index in [9.17, 15) is 13.2 Å². The van der Waals surface area contributed by atoms with Gasteiger partial charge in [0.15, 0.2) is 0 Å². The molecule has 0 amide bonds. The molecule has 7 heteroatoms. The van der Waals surface area contributed by atoms with Gasteiger partial charge in [0.2, 0.25) is 10.0 Å². The lowest BCUT2D eigenvalue weighted by Crippen LogP contribution is -2.36. The van der Waals surface area contributed by atoms with E-state index in [4.69, 9.17) is 4.74 Å². The van der Waals surface area contributed by atoms with Gasteiger partial charge in [0.05, 0.1) is 23.7 Å². The molecule has 128 valence electrons. The predicted octanol–water partition coefficient (Wildman–Crippen LogP) is 2.14. The molecular weight excluding hydrogens is 328 g/mol. The van der Waals surface area contributed by atoms with Gasteiger partial charge in [0.1, 0.15) is 6.54 Å². The van der Waals surface area contributed by atoms with Crippen molar-refractivity contribution in [3.05, 3.63) is 59.9 Å². The molecule has 0 radical (unpaired) electrons. The van der Waals surface area contributed by atoms with Crippen molar-refractivity contribution in [2.45, 2.75) is 25.3 Å². The summed E-state index contributed by atoms with van der Waals surface area (Å²) in [6, 6.07) is 11.7. The van der Waals surface area contributed by atoms with Crippen molar-refractivity contribution in [3.8, 4) is 0 Å². The van der Waals surface area contributed by atoms with Crippen LogP contribution in [0, 0.1) is 6.92 Å². The van der Waals surface area contributed by atoms with Gasteiger partial charge in [0.25, 0.3) is 0 Å². The maximum Gasteiger partial charge on any atom is 0.321 e. The van der Waals surface area contributed by atoms with Crippen LogP contribution in [-0.2, 0) is 26.1 Å². The van der Waals surface area contributed by atoms with E-state index in [1.807, 2.05) is 6.92 Å². The molecule has 0 aliphatic rings. The Morgan fingerprint density at radius 1 is 1.17 bits per heavy atom. The lowest BCUT2D eigenvalue weighted by atomic mass is 10.2. The second kappa shape index (κ2) is 8.03. The summed E-state index contributed by atoms with van der Waals surface area (Å²) in [5.41, 5.74) is 1.51. The average molecular weight is 348 g/mol. The van der Waals surface area contributed by atoms with Crippen LogP contribution in [0.4, 0.5) is 0 Å². The maximum absolute atomic E-state index is 12.9. The van der Waals surface area contributed by atoms with Crippen LogP contribution in [0.1, 0.15) is 18.2 Å². The highest BCUT2D eigenvalue weighted by atomic mass is 32.2. The third-order valence-electron chi connectivity index (χ3n) is 3.33. The Kier molecular flexibility index (Phi) is 6.05. The number of carbonyl (C=O) groups excluding carboxylic acids is 1. The van der Waals surface area contributed by atoms with Gasteiger partial charge in [0, 0.05) is 6.20 Å². The van der Waals surface area contributed by atoms with E-state index in [1.54, 1.807) is 43.5 Å². The smallest absolute Gasteiger partial charge is 0.321 e. The monoisotopic (exact) mass is 348 g/mol. The van der Waals surface area contributed by atoms with Gasteiger partial charge in [-0.05, 0) is 38.1 Å². The van der Waals surface area contributed by atoms with E-state index < -0.39 is 16.0 Å². The number of hydrogen-bond acceptors (Lipinski definition) is 5. The van der Waals surface area contributed by atoms with Crippen LogP contribution < -0.4 is 0 Å². The van der Waals surface area contributed by atoms with Gasteiger partial charge >= 0.3 is 5.97 Å². The van der Waals surface area contributed by atoms with E-state index in [0.29, 0.717) is 5.69 Å². The average Bonchev–Trinajstić information content (AvgIpc) is 2.56. The number of aromatic nitrogens is 1. The molecule has 1 aromatic heterocycles. The first-order valence-corrected chi connectivity index (χ1v) is 9.00. The van der Waals surface area contributed by atoms with Crippen molar-refractivity contribution >= 4 is 16.0 Å². The van der Waals surface area contributed by atoms with Gasteiger partial charge < -0.3 is 4.74 Å². The molecule has 0 N–H and O–H groups in total. The summed E-state index contributed by atoms with van der Waals surface area (Å²) in [7, 11) is -3.84. The molecule has 0 saturated carbocycles. The summed E-state index contributed by atoms with van der Waals surface area (Å²) in [4.78, 5) is 16.1.